The molecule has 2 aromatic rings. The first-order chi connectivity index (χ1) is 11.0. The third-order valence-corrected chi connectivity index (χ3v) is 3.32. The summed E-state index contributed by atoms with van der Waals surface area (Å²) >= 11 is 0. The number of benzene rings is 2. The van der Waals surface area contributed by atoms with Crippen LogP contribution in [0.2, 0.25) is 0 Å². The van der Waals surface area contributed by atoms with Crippen LogP contribution in [-0.4, -0.2) is 22.2 Å². The molecular weight excluding hydrogens is 299 g/mol. The zero-order valence-electron chi connectivity index (χ0n) is 12.1. The monoisotopic (exact) mass is 314 g/mol. The standard InChI is InChI=1S/C18H15FO4/c19-15-8-6-13(7-9-15)16(12-4-2-1-3-5-12)10-14(18(22)23)11-17(20)21/h1-10,14H,11H2,(H,20,21)(H,22,23). The van der Waals surface area contributed by atoms with E-state index in [2.05, 4.69) is 0 Å². The molecular formula is C18H15FO4. The van der Waals surface area contributed by atoms with E-state index in [-0.39, 0.29) is 0 Å². The van der Waals surface area contributed by atoms with Gasteiger partial charge in [-0.05, 0) is 28.8 Å². The van der Waals surface area contributed by atoms with Crippen molar-refractivity contribution in [3.05, 3.63) is 77.6 Å². The molecule has 0 spiro atoms. The number of carboxylic acids is 2. The Morgan fingerprint density at radius 1 is 0.957 bits per heavy atom. The van der Waals surface area contributed by atoms with Crippen molar-refractivity contribution in [2.45, 2.75) is 6.42 Å². The summed E-state index contributed by atoms with van der Waals surface area (Å²) < 4.78 is 13.1. The summed E-state index contributed by atoms with van der Waals surface area (Å²) in [6, 6.07) is 14.6. The number of carbonyl (C=O) groups is 2. The molecule has 0 aliphatic carbocycles. The lowest BCUT2D eigenvalue weighted by Crippen LogP contribution is -2.16. The second-order valence-electron chi connectivity index (χ2n) is 5.00. The zero-order chi connectivity index (χ0) is 16.8. The summed E-state index contributed by atoms with van der Waals surface area (Å²) in [4.78, 5) is 22.2. The number of hydrogen-bond acceptors (Lipinski definition) is 2. The summed E-state index contributed by atoms with van der Waals surface area (Å²) in [7, 11) is 0. The van der Waals surface area contributed by atoms with Gasteiger partial charge in [0.25, 0.3) is 0 Å². The molecule has 0 aliphatic heterocycles. The van der Waals surface area contributed by atoms with Crippen LogP contribution in [0, 0.1) is 11.7 Å². The summed E-state index contributed by atoms with van der Waals surface area (Å²) in [5.74, 6) is -3.99. The first kappa shape index (κ1) is 16.4. The maximum Gasteiger partial charge on any atom is 0.310 e. The molecule has 0 amide bonds. The SMILES string of the molecule is O=C(O)CC(C=C(c1ccccc1)c1ccc(F)cc1)C(=O)O. The highest BCUT2D eigenvalue weighted by Crippen LogP contribution is 2.26. The van der Waals surface area contributed by atoms with E-state index in [1.54, 1.807) is 24.3 Å². The van der Waals surface area contributed by atoms with Crippen LogP contribution < -0.4 is 0 Å². The van der Waals surface area contributed by atoms with Crippen LogP contribution in [0.25, 0.3) is 5.57 Å². The third kappa shape index (κ3) is 4.51. The Bertz CT molecular complexity index is 720. The Kier molecular flexibility index (Phi) is 5.25. The lowest BCUT2D eigenvalue weighted by Gasteiger charge is -2.12. The van der Waals surface area contributed by atoms with Crippen molar-refractivity contribution in [3.8, 4) is 0 Å². The average molecular weight is 314 g/mol. The number of rotatable bonds is 6. The normalized spacial score (nSPS) is 12.7. The van der Waals surface area contributed by atoms with E-state index in [9.17, 15) is 19.1 Å². The Labute approximate surface area is 132 Å². The van der Waals surface area contributed by atoms with E-state index >= 15 is 0 Å². The molecule has 2 rings (SSSR count). The highest BCUT2D eigenvalue weighted by molar-refractivity contribution is 5.86. The van der Waals surface area contributed by atoms with Gasteiger partial charge in [-0.2, -0.15) is 0 Å². The lowest BCUT2D eigenvalue weighted by molar-refractivity contribution is -0.146. The first-order valence-corrected chi connectivity index (χ1v) is 6.95. The fraction of sp³-hybridized carbons (Fsp3) is 0.111. The second-order valence-corrected chi connectivity index (χ2v) is 5.00. The number of aliphatic carboxylic acids is 2. The van der Waals surface area contributed by atoms with Crippen LogP contribution in [0.4, 0.5) is 4.39 Å². The van der Waals surface area contributed by atoms with Gasteiger partial charge in [-0.25, -0.2) is 4.39 Å². The fourth-order valence-corrected chi connectivity index (χ4v) is 2.21. The minimum absolute atomic E-state index is 0.401. The second kappa shape index (κ2) is 7.35. The van der Waals surface area contributed by atoms with Gasteiger partial charge in [-0.15, -0.1) is 0 Å². The molecule has 1 unspecified atom stereocenters. The molecule has 2 N–H and O–H groups in total. The van der Waals surface area contributed by atoms with Gasteiger partial charge in [0.1, 0.15) is 5.82 Å². The van der Waals surface area contributed by atoms with Crippen molar-refractivity contribution in [1.29, 1.82) is 0 Å². The van der Waals surface area contributed by atoms with E-state index in [4.69, 9.17) is 5.11 Å². The Morgan fingerprint density at radius 3 is 2.04 bits per heavy atom. The zero-order valence-corrected chi connectivity index (χ0v) is 12.1. The summed E-state index contributed by atoms with van der Waals surface area (Å²) in [6.07, 6.45) is 0.881. The van der Waals surface area contributed by atoms with Gasteiger partial charge < -0.3 is 10.2 Å². The maximum atomic E-state index is 13.1. The van der Waals surface area contributed by atoms with Crippen molar-refractivity contribution in [3.63, 3.8) is 0 Å². The van der Waals surface area contributed by atoms with Crippen LogP contribution >= 0.6 is 0 Å². The summed E-state index contributed by atoms with van der Waals surface area (Å²) in [5, 5.41) is 18.1. The molecule has 0 heterocycles. The molecule has 0 aromatic heterocycles. The van der Waals surface area contributed by atoms with E-state index in [0.717, 1.165) is 5.56 Å². The first-order valence-electron chi connectivity index (χ1n) is 6.95. The summed E-state index contributed by atoms with van der Waals surface area (Å²) in [6.45, 7) is 0. The summed E-state index contributed by atoms with van der Waals surface area (Å²) in [5.41, 5.74) is 1.91. The van der Waals surface area contributed by atoms with Crippen LogP contribution in [0.5, 0.6) is 0 Å². The van der Waals surface area contributed by atoms with Gasteiger partial charge in [0.05, 0.1) is 12.3 Å². The van der Waals surface area contributed by atoms with Gasteiger partial charge in [-0.1, -0.05) is 48.5 Å². The topological polar surface area (TPSA) is 74.6 Å². The van der Waals surface area contributed by atoms with Gasteiger partial charge in [0.2, 0.25) is 0 Å². The van der Waals surface area contributed by atoms with Crippen LogP contribution in [0.1, 0.15) is 17.5 Å². The fourth-order valence-electron chi connectivity index (χ4n) is 2.21. The van der Waals surface area contributed by atoms with Crippen LogP contribution in [0.3, 0.4) is 0 Å². The molecule has 0 fully saturated rings. The highest BCUT2D eigenvalue weighted by Gasteiger charge is 2.20. The van der Waals surface area contributed by atoms with E-state index in [1.165, 1.54) is 30.3 Å². The molecule has 118 valence electrons. The molecule has 0 radical (unpaired) electrons. The largest absolute Gasteiger partial charge is 0.481 e. The molecule has 4 nitrogen and oxygen atoms in total. The maximum absolute atomic E-state index is 13.1. The van der Waals surface area contributed by atoms with Crippen molar-refractivity contribution >= 4 is 17.5 Å². The Hall–Kier alpha value is -2.95. The Balaban J connectivity index is 2.52. The van der Waals surface area contributed by atoms with Gasteiger partial charge in [-0.3, -0.25) is 9.59 Å². The molecule has 0 saturated heterocycles. The van der Waals surface area contributed by atoms with E-state index < -0.39 is 30.1 Å². The van der Waals surface area contributed by atoms with Crippen molar-refractivity contribution < 1.29 is 24.2 Å². The van der Waals surface area contributed by atoms with Gasteiger partial charge in [0.15, 0.2) is 0 Å². The van der Waals surface area contributed by atoms with E-state index in [0.29, 0.717) is 11.1 Å². The number of hydrogen-bond donors (Lipinski definition) is 2. The smallest absolute Gasteiger partial charge is 0.310 e. The molecule has 2 aromatic carbocycles. The number of halogens is 1. The minimum Gasteiger partial charge on any atom is -0.481 e. The Morgan fingerprint density at radius 2 is 1.52 bits per heavy atom. The molecule has 1 atom stereocenters. The van der Waals surface area contributed by atoms with Crippen LogP contribution in [0.15, 0.2) is 60.7 Å². The molecule has 0 bridgehead atoms. The average Bonchev–Trinajstić information content (AvgIpc) is 2.53. The quantitative estimate of drug-likeness (QED) is 0.856. The van der Waals surface area contributed by atoms with E-state index in [1.807, 2.05) is 6.07 Å². The van der Waals surface area contributed by atoms with Gasteiger partial charge in [0, 0.05) is 0 Å². The van der Waals surface area contributed by atoms with Crippen molar-refractivity contribution in [2.75, 3.05) is 0 Å². The predicted molar refractivity (Wildman–Crippen MR) is 83.3 cm³/mol. The minimum atomic E-state index is -1.22. The van der Waals surface area contributed by atoms with Crippen molar-refractivity contribution in [2.24, 2.45) is 5.92 Å². The molecule has 23 heavy (non-hydrogen) atoms. The number of carboxylic acid groups (broad SMARTS) is 2. The molecule has 0 saturated carbocycles. The van der Waals surface area contributed by atoms with Crippen molar-refractivity contribution in [1.82, 2.24) is 0 Å². The third-order valence-electron chi connectivity index (χ3n) is 3.32. The lowest BCUT2D eigenvalue weighted by atomic mass is 9.92. The van der Waals surface area contributed by atoms with Gasteiger partial charge >= 0.3 is 11.9 Å². The predicted octanol–water partition coefficient (Wildman–Crippen LogP) is 3.43. The van der Waals surface area contributed by atoms with Crippen LogP contribution in [-0.2, 0) is 9.59 Å². The molecule has 5 heteroatoms. The highest BCUT2D eigenvalue weighted by atomic mass is 19.1. The molecule has 0 aliphatic rings.